The minimum atomic E-state index is 0.0613. The van der Waals surface area contributed by atoms with Gasteiger partial charge < -0.3 is 4.90 Å². The van der Waals surface area contributed by atoms with Gasteiger partial charge in [-0.3, -0.25) is 4.79 Å². The van der Waals surface area contributed by atoms with E-state index in [1.807, 2.05) is 83.8 Å². The summed E-state index contributed by atoms with van der Waals surface area (Å²) in [4.78, 5) is 15.0. The minimum absolute atomic E-state index is 0.0613. The van der Waals surface area contributed by atoms with E-state index in [9.17, 15) is 4.79 Å². The maximum absolute atomic E-state index is 13.2. The maximum Gasteiger partial charge on any atom is 0.259 e. The van der Waals surface area contributed by atoms with Gasteiger partial charge in [0, 0.05) is 5.69 Å². The molecular weight excluding hydrogens is 294 g/mol. The summed E-state index contributed by atoms with van der Waals surface area (Å²) in [6, 6.07) is 30.0. The molecule has 1 heterocycles. The van der Waals surface area contributed by atoms with Crippen molar-refractivity contribution in [2.75, 3.05) is 11.4 Å². The summed E-state index contributed by atoms with van der Waals surface area (Å²) < 4.78 is 0. The van der Waals surface area contributed by atoms with Crippen LogP contribution in [0.5, 0.6) is 0 Å². The molecule has 0 saturated heterocycles. The molecule has 0 spiro atoms. The van der Waals surface area contributed by atoms with E-state index in [1.165, 1.54) is 0 Å². The predicted octanol–water partition coefficient (Wildman–Crippen LogP) is 4.64. The maximum atomic E-state index is 13.2. The van der Waals surface area contributed by atoms with Crippen LogP contribution in [0.15, 0.2) is 91.0 Å². The highest BCUT2D eigenvalue weighted by Gasteiger charge is 2.32. The number of nitrogens with zero attached hydrogens (tertiary/aromatic N) is 1. The van der Waals surface area contributed by atoms with Gasteiger partial charge in [-0.2, -0.15) is 0 Å². The zero-order chi connectivity index (χ0) is 16.4. The summed E-state index contributed by atoms with van der Waals surface area (Å²) in [5.74, 6) is 0.0613. The number of benzene rings is 3. The van der Waals surface area contributed by atoms with Crippen LogP contribution in [0.4, 0.5) is 5.69 Å². The monoisotopic (exact) mass is 311 g/mol. The second-order valence-corrected chi connectivity index (χ2v) is 5.81. The van der Waals surface area contributed by atoms with Crippen molar-refractivity contribution in [1.29, 1.82) is 0 Å². The van der Waals surface area contributed by atoms with E-state index in [0.717, 1.165) is 28.0 Å². The number of para-hydroxylation sites is 1. The van der Waals surface area contributed by atoms with Gasteiger partial charge in [0.2, 0.25) is 0 Å². The molecular formula is C22H17NO. The van der Waals surface area contributed by atoms with Crippen molar-refractivity contribution in [3.63, 3.8) is 0 Å². The molecule has 3 aromatic carbocycles. The molecule has 2 nitrogen and oxygen atoms in total. The number of carbonyl (C=O) groups excluding carboxylic acids is 1. The average Bonchev–Trinajstić information content (AvgIpc) is 3.01. The highest BCUT2D eigenvalue weighted by atomic mass is 16.2. The second-order valence-electron chi connectivity index (χ2n) is 5.81. The lowest BCUT2D eigenvalue weighted by Crippen LogP contribution is -2.26. The van der Waals surface area contributed by atoms with E-state index in [2.05, 4.69) is 12.1 Å². The molecule has 0 aromatic heterocycles. The number of amides is 1. The van der Waals surface area contributed by atoms with Crippen molar-refractivity contribution in [3.05, 3.63) is 102 Å². The lowest BCUT2D eigenvalue weighted by Gasteiger charge is -2.17. The standard InChI is InChI=1S/C22H17NO/c24-22-21(18-12-6-2-7-13-18)20(17-10-4-1-5-11-17)16-23(22)19-14-8-3-9-15-19/h1-15H,16H2. The van der Waals surface area contributed by atoms with E-state index >= 15 is 0 Å². The Bertz CT molecular complexity index is 883. The molecule has 1 amide bonds. The Morgan fingerprint density at radius 2 is 1.12 bits per heavy atom. The first-order valence-electron chi connectivity index (χ1n) is 8.05. The van der Waals surface area contributed by atoms with Crippen LogP contribution in [-0.4, -0.2) is 12.5 Å². The molecule has 0 fully saturated rings. The van der Waals surface area contributed by atoms with Crippen LogP contribution in [0.3, 0.4) is 0 Å². The summed E-state index contributed by atoms with van der Waals surface area (Å²) in [6.45, 7) is 0.594. The van der Waals surface area contributed by atoms with E-state index in [-0.39, 0.29) is 5.91 Å². The molecule has 0 radical (unpaired) electrons. The molecule has 0 saturated carbocycles. The Morgan fingerprint density at radius 1 is 0.625 bits per heavy atom. The van der Waals surface area contributed by atoms with Gasteiger partial charge in [0.05, 0.1) is 12.1 Å². The van der Waals surface area contributed by atoms with Crippen molar-refractivity contribution in [2.45, 2.75) is 0 Å². The van der Waals surface area contributed by atoms with Gasteiger partial charge in [0.15, 0.2) is 0 Å². The third kappa shape index (κ3) is 2.52. The second kappa shape index (κ2) is 6.17. The topological polar surface area (TPSA) is 20.3 Å². The van der Waals surface area contributed by atoms with Crippen molar-refractivity contribution < 1.29 is 4.79 Å². The Hall–Kier alpha value is -3.13. The average molecular weight is 311 g/mol. The van der Waals surface area contributed by atoms with Gasteiger partial charge in [-0.1, -0.05) is 78.9 Å². The molecule has 0 bridgehead atoms. The largest absolute Gasteiger partial charge is 0.304 e. The van der Waals surface area contributed by atoms with Crippen LogP contribution < -0.4 is 4.90 Å². The van der Waals surface area contributed by atoms with Crippen LogP contribution in [0.25, 0.3) is 11.1 Å². The smallest absolute Gasteiger partial charge is 0.259 e. The Labute approximate surface area is 141 Å². The molecule has 0 N–H and O–H groups in total. The van der Waals surface area contributed by atoms with Crippen LogP contribution in [0.1, 0.15) is 11.1 Å². The summed E-state index contributed by atoms with van der Waals surface area (Å²) in [5.41, 5.74) is 4.88. The zero-order valence-electron chi connectivity index (χ0n) is 13.2. The first-order valence-corrected chi connectivity index (χ1v) is 8.05. The molecule has 1 aliphatic rings. The van der Waals surface area contributed by atoms with Crippen LogP contribution in [0, 0.1) is 0 Å². The summed E-state index contributed by atoms with van der Waals surface area (Å²) in [6.07, 6.45) is 0. The van der Waals surface area contributed by atoms with Gasteiger partial charge in [0.1, 0.15) is 0 Å². The van der Waals surface area contributed by atoms with Crippen LogP contribution in [-0.2, 0) is 4.79 Å². The SMILES string of the molecule is O=C1C(c2ccccc2)=C(c2ccccc2)CN1c1ccccc1. The zero-order valence-corrected chi connectivity index (χ0v) is 13.2. The molecule has 116 valence electrons. The van der Waals surface area contributed by atoms with E-state index < -0.39 is 0 Å². The van der Waals surface area contributed by atoms with Gasteiger partial charge in [-0.25, -0.2) is 0 Å². The van der Waals surface area contributed by atoms with Crippen molar-refractivity contribution in [1.82, 2.24) is 0 Å². The number of anilines is 1. The number of rotatable bonds is 3. The van der Waals surface area contributed by atoms with Crippen molar-refractivity contribution in [3.8, 4) is 0 Å². The molecule has 2 heteroatoms. The normalized spacial score (nSPS) is 14.3. The Morgan fingerprint density at radius 3 is 1.71 bits per heavy atom. The minimum Gasteiger partial charge on any atom is -0.304 e. The number of hydrogen-bond donors (Lipinski definition) is 0. The lowest BCUT2D eigenvalue weighted by atomic mass is 9.97. The van der Waals surface area contributed by atoms with E-state index in [0.29, 0.717) is 6.54 Å². The molecule has 24 heavy (non-hydrogen) atoms. The molecule has 0 unspecified atom stereocenters. The van der Waals surface area contributed by atoms with E-state index in [4.69, 9.17) is 0 Å². The quantitative estimate of drug-likeness (QED) is 0.690. The number of carbonyl (C=O) groups is 1. The van der Waals surface area contributed by atoms with Crippen molar-refractivity contribution >= 4 is 22.7 Å². The van der Waals surface area contributed by atoms with Crippen molar-refractivity contribution in [2.24, 2.45) is 0 Å². The summed E-state index contributed by atoms with van der Waals surface area (Å²) >= 11 is 0. The predicted molar refractivity (Wildman–Crippen MR) is 98.5 cm³/mol. The first-order chi connectivity index (χ1) is 11.8. The Balaban J connectivity index is 1.84. The Kier molecular flexibility index (Phi) is 3.72. The first kappa shape index (κ1) is 14.5. The number of hydrogen-bond acceptors (Lipinski definition) is 1. The molecule has 4 rings (SSSR count). The highest BCUT2D eigenvalue weighted by molar-refractivity contribution is 6.36. The third-order valence-corrected chi connectivity index (χ3v) is 4.33. The highest BCUT2D eigenvalue weighted by Crippen LogP contribution is 2.36. The summed E-state index contributed by atoms with van der Waals surface area (Å²) in [5, 5.41) is 0. The lowest BCUT2D eigenvalue weighted by molar-refractivity contribution is -0.112. The van der Waals surface area contributed by atoms with E-state index in [1.54, 1.807) is 0 Å². The fourth-order valence-electron chi connectivity index (χ4n) is 3.17. The molecule has 3 aromatic rings. The van der Waals surface area contributed by atoms with Gasteiger partial charge >= 0.3 is 0 Å². The molecule has 1 aliphatic heterocycles. The van der Waals surface area contributed by atoms with Crippen LogP contribution in [0.2, 0.25) is 0 Å². The summed E-state index contributed by atoms with van der Waals surface area (Å²) in [7, 11) is 0. The van der Waals surface area contributed by atoms with Gasteiger partial charge in [-0.05, 0) is 28.8 Å². The van der Waals surface area contributed by atoms with Gasteiger partial charge in [0.25, 0.3) is 5.91 Å². The van der Waals surface area contributed by atoms with Gasteiger partial charge in [-0.15, -0.1) is 0 Å². The molecule has 0 atom stereocenters. The fourth-order valence-corrected chi connectivity index (χ4v) is 3.17. The third-order valence-electron chi connectivity index (χ3n) is 4.33. The molecule has 0 aliphatic carbocycles. The van der Waals surface area contributed by atoms with Crippen LogP contribution >= 0.6 is 0 Å². The fraction of sp³-hybridized carbons (Fsp3) is 0.0455.